The zero-order chi connectivity index (χ0) is 15.5. The molecule has 0 spiro atoms. The molecule has 0 atom stereocenters. The number of H-pyrrole nitrogens is 1. The van der Waals surface area contributed by atoms with Crippen LogP contribution in [-0.4, -0.2) is 17.3 Å². The number of hydrogen-bond acceptors (Lipinski definition) is 3. The third-order valence-electron chi connectivity index (χ3n) is 3.32. The Balaban J connectivity index is 2.10. The number of methoxy groups -OCH3 is 1. The molecule has 0 aliphatic heterocycles. The first kappa shape index (κ1) is 13.8. The normalized spacial score (nSPS) is 11.0. The van der Waals surface area contributed by atoms with Crippen LogP contribution in [0, 0.1) is 17.1 Å². The molecule has 22 heavy (non-hydrogen) atoms. The summed E-state index contributed by atoms with van der Waals surface area (Å²) >= 11 is 0. The van der Waals surface area contributed by atoms with Gasteiger partial charge in [0.15, 0.2) is 0 Å². The van der Waals surface area contributed by atoms with Gasteiger partial charge in [-0.05, 0) is 35.9 Å². The molecule has 0 bridgehead atoms. The molecule has 0 saturated carbocycles. The van der Waals surface area contributed by atoms with Crippen LogP contribution in [0.25, 0.3) is 23.1 Å². The second kappa shape index (κ2) is 5.70. The topological polar surface area (TPSA) is 61.7 Å². The molecule has 0 aliphatic rings. The molecule has 3 aromatic rings. The summed E-state index contributed by atoms with van der Waals surface area (Å²) < 4.78 is 18.5. The monoisotopic (exact) mass is 293 g/mol. The van der Waals surface area contributed by atoms with Gasteiger partial charge in [-0.25, -0.2) is 4.39 Å². The maximum Gasteiger partial charge on any atom is 0.148 e. The van der Waals surface area contributed by atoms with E-state index >= 15 is 0 Å². The Morgan fingerprint density at radius 3 is 2.86 bits per heavy atom. The molecule has 0 unspecified atom stereocenters. The predicted octanol–water partition coefficient (Wildman–Crippen LogP) is 3.75. The minimum atomic E-state index is -0.293. The van der Waals surface area contributed by atoms with Crippen molar-refractivity contribution in [3.8, 4) is 11.8 Å². The molecule has 0 amide bonds. The number of rotatable bonds is 3. The summed E-state index contributed by atoms with van der Waals surface area (Å²) in [6.45, 7) is 0. The molecule has 0 fully saturated rings. The van der Waals surface area contributed by atoms with Crippen LogP contribution < -0.4 is 4.74 Å². The summed E-state index contributed by atoms with van der Waals surface area (Å²) in [4.78, 5) is 0. The van der Waals surface area contributed by atoms with Crippen LogP contribution in [0.1, 0.15) is 16.8 Å². The van der Waals surface area contributed by atoms with Crippen molar-refractivity contribution >= 4 is 23.1 Å². The van der Waals surface area contributed by atoms with Crippen molar-refractivity contribution < 1.29 is 9.13 Å². The number of aromatic amines is 1. The fourth-order valence-electron chi connectivity index (χ4n) is 2.31. The van der Waals surface area contributed by atoms with Gasteiger partial charge in [0.05, 0.1) is 29.3 Å². The lowest BCUT2D eigenvalue weighted by molar-refractivity contribution is 0.418. The Morgan fingerprint density at radius 2 is 2.14 bits per heavy atom. The minimum Gasteiger partial charge on any atom is -0.495 e. The fraction of sp³-hybridized carbons (Fsp3) is 0.0588. The predicted molar refractivity (Wildman–Crippen MR) is 82.7 cm³/mol. The molecule has 0 radical (unpaired) electrons. The van der Waals surface area contributed by atoms with Gasteiger partial charge in [-0.1, -0.05) is 18.2 Å². The van der Waals surface area contributed by atoms with Crippen molar-refractivity contribution in [3.63, 3.8) is 0 Å². The number of benzene rings is 2. The lowest BCUT2D eigenvalue weighted by atomic mass is 10.1. The summed E-state index contributed by atoms with van der Waals surface area (Å²) in [5, 5.41) is 17.0. The summed E-state index contributed by atoms with van der Waals surface area (Å²) in [5.41, 5.74) is 2.58. The summed E-state index contributed by atoms with van der Waals surface area (Å²) in [6.07, 6.45) is 3.52. The molecule has 2 aromatic carbocycles. The van der Waals surface area contributed by atoms with Gasteiger partial charge in [0.1, 0.15) is 17.6 Å². The SMILES string of the molecule is COc1c(C#N)ccc2[nH]nc(C=Cc3cccc(F)c3)c12. The highest BCUT2D eigenvalue weighted by Gasteiger charge is 2.13. The molecule has 0 aliphatic carbocycles. The van der Waals surface area contributed by atoms with Crippen LogP contribution >= 0.6 is 0 Å². The van der Waals surface area contributed by atoms with Gasteiger partial charge >= 0.3 is 0 Å². The standard InChI is InChI=1S/C17H12FN3O/c1-22-17-12(10-19)6-8-15-16(17)14(20-21-15)7-5-11-3-2-4-13(18)9-11/h2-9H,1H3,(H,20,21). The first-order valence-corrected chi connectivity index (χ1v) is 6.61. The molecule has 1 heterocycles. The van der Waals surface area contributed by atoms with Crippen molar-refractivity contribution in [1.29, 1.82) is 5.26 Å². The maximum atomic E-state index is 13.2. The zero-order valence-electron chi connectivity index (χ0n) is 11.8. The largest absolute Gasteiger partial charge is 0.495 e. The summed E-state index contributed by atoms with van der Waals surface area (Å²) in [7, 11) is 1.52. The van der Waals surface area contributed by atoms with E-state index in [1.54, 1.807) is 36.4 Å². The van der Waals surface area contributed by atoms with Crippen LogP contribution in [0.15, 0.2) is 36.4 Å². The van der Waals surface area contributed by atoms with Gasteiger partial charge in [0.25, 0.3) is 0 Å². The Bertz CT molecular complexity index is 906. The lowest BCUT2D eigenvalue weighted by Gasteiger charge is -2.04. The number of ether oxygens (including phenoxy) is 1. The number of nitrogens with one attached hydrogen (secondary N) is 1. The van der Waals surface area contributed by atoms with E-state index in [0.29, 0.717) is 17.0 Å². The van der Waals surface area contributed by atoms with Crippen LogP contribution in [0.5, 0.6) is 5.75 Å². The number of hydrogen-bond donors (Lipinski definition) is 1. The van der Waals surface area contributed by atoms with Crippen LogP contribution in [0.3, 0.4) is 0 Å². The van der Waals surface area contributed by atoms with E-state index in [-0.39, 0.29) is 5.82 Å². The number of nitrogens with zero attached hydrogens (tertiary/aromatic N) is 2. The summed E-state index contributed by atoms with van der Waals surface area (Å²) in [5.74, 6) is 0.186. The van der Waals surface area contributed by atoms with Crippen molar-refractivity contribution in [1.82, 2.24) is 10.2 Å². The van der Waals surface area contributed by atoms with Crippen molar-refractivity contribution in [2.75, 3.05) is 7.11 Å². The Hall–Kier alpha value is -3.13. The van der Waals surface area contributed by atoms with E-state index in [0.717, 1.165) is 16.5 Å². The molecular weight excluding hydrogens is 281 g/mol. The molecule has 4 nitrogen and oxygen atoms in total. The van der Waals surface area contributed by atoms with E-state index in [4.69, 9.17) is 10.00 Å². The van der Waals surface area contributed by atoms with E-state index in [2.05, 4.69) is 16.3 Å². The van der Waals surface area contributed by atoms with Gasteiger partial charge in [-0.15, -0.1) is 0 Å². The average Bonchev–Trinajstić information content (AvgIpc) is 2.95. The molecule has 5 heteroatoms. The minimum absolute atomic E-state index is 0.293. The molecular formula is C17H12FN3O. The Kier molecular flexibility index (Phi) is 3.58. The highest BCUT2D eigenvalue weighted by molar-refractivity contribution is 5.95. The number of aromatic nitrogens is 2. The highest BCUT2D eigenvalue weighted by Crippen LogP contribution is 2.31. The molecule has 0 saturated heterocycles. The molecule has 108 valence electrons. The van der Waals surface area contributed by atoms with Crippen molar-refractivity contribution in [2.24, 2.45) is 0 Å². The lowest BCUT2D eigenvalue weighted by Crippen LogP contribution is -1.89. The zero-order valence-corrected chi connectivity index (χ0v) is 11.8. The van der Waals surface area contributed by atoms with Crippen LogP contribution in [0.4, 0.5) is 4.39 Å². The van der Waals surface area contributed by atoms with Crippen molar-refractivity contribution in [3.05, 3.63) is 59.0 Å². The first-order chi connectivity index (χ1) is 10.7. The smallest absolute Gasteiger partial charge is 0.148 e. The van der Waals surface area contributed by atoms with Gasteiger partial charge in [-0.3, -0.25) is 5.10 Å². The van der Waals surface area contributed by atoms with Gasteiger partial charge in [-0.2, -0.15) is 10.4 Å². The fourth-order valence-corrected chi connectivity index (χ4v) is 2.31. The first-order valence-electron chi connectivity index (χ1n) is 6.61. The number of fused-ring (bicyclic) bond motifs is 1. The van der Waals surface area contributed by atoms with E-state index in [1.165, 1.54) is 19.2 Å². The number of nitriles is 1. The molecule has 1 N–H and O–H groups in total. The van der Waals surface area contributed by atoms with Gasteiger partial charge in [0, 0.05) is 0 Å². The van der Waals surface area contributed by atoms with Crippen LogP contribution in [-0.2, 0) is 0 Å². The van der Waals surface area contributed by atoms with Gasteiger partial charge < -0.3 is 4.74 Å². The Morgan fingerprint density at radius 1 is 1.27 bits per heavy atom. The van der Waals surface area contributed by atoms with Crippen LogP contribution in [0.2, 0.25) is 0 Å². The summed E-state index contributed by atoms with van der Waals surface area (Å²) in [6, 6.07) is 11.8. The average molecular weight is 293 g/mol. The van der Waals surface area contributed by atoms with Crippen molar-refractivity contribution in [2.45, 2.75) is 0 Å². The third-order valence-corrected chi connectivity index (χ3v) is 3.32. The third kappa shape index (κ3) is 2.42. The highest BCUT2D eigenvalue weighted by atomic mass is 19.1. The quantitative estimate of drug-likeness (QED) is 0.800. The van der Waals surface area contributed by atoms with E-state index in [1.807, 2.05) is 0 Å². The second-order valence-corrected chi connectivity index (χ2v) is 4.68. The maximum absolute atomic E-state index is 13.2. The van der Waals surface area contributed by atoms with Gasteiger partial charge in [0.2, 0.25) is 0 Å². The van der Waals surface area contributed by atoms with E-state index in [9.17, 15) is 4.39 Å². The van der Waals surface area contributed by atoms with E-state index < -0.39 is 0 Å². The number of halogens is 1. The Labute approximate surface area is 126 Å². The molecule has 3 rings (SSSR count). The molecule has 1 aromatic heterocycles. The second-order valence-electron chi connectivity index (χ2n) is 4.68.